The number of hydrogen-bond donors (Lipinski definition) is 1. The molecule has 0 radical (unpaired) electrons. The summed E-state index contributed by atoms with van der Waals surface area (Å²) in [6.45, 7) is 7.90. The van der Waals surface area contributed by atoms with E-state index in [9.17, 15) is 4.79 Å². The highest BCUT2D eigenvalue weighted by Crippen LogP contribution is 2.33. The van der Waals surface area contributed by atoms with Crippen LogP contribution in [-0.4, -0.2) is 61.0 Å². The van der Waals surface area contributed by atoms with E-state index >= 15 is 0 Å². The van der Waals surface area contributed by atoms with Crippen LogP contribution in [-0.2, 0) is 4.79 Å². The number of halogens is 1. The monoisotopic (exact) mass is 337 g/mol. The lowest BCUT2D eigenvalue weighted by Gasteiger charge is -2.29. The third-order valence-corrected chi connectivity index (χ3v) is 5.20. The van der Waals surface area contributed by atoms with Crippen LogP contribution in [0.25, 0.3) is 0 Å². The molecule has 0 aliphatic carbocycles. The van der Waals surface area contributed by atoms with E-state index in [1.165, 1.54) is 12.0 Å². The third kappa shape index (κ3) is 4.46. The van der Waals surface area contributed by atoms with Crippen molar-refractivity contribution in [3.63, 3.8) is 0 Å². The van der Waals surface area contributed by atoms with Crippen molar-refractivity contribution in [1.29, 1.82) is 0 Å². The predicted molar refractivity (Wildman–Crippen MR) is 96.1 cm³/mol. The van der Waals surface area contributed by atoms with Crippen molar-refractivity contribution in [3.05, 3.63) is 35.9 Å². The van der Waals surface area contributed by atoms with Gasteiger partial charge in [-0.2, -0.15) is 0 Å². The number of nitrogens with one attached hydrogen (secondary N) is 1. The van der Waals surface area contributed by atoms with Crippen molar-refractivity contribution in [2.75, 3.05) is 39.3 Å². The lowest BCUT2D eigenvalue weighted by Crippen LogP contribution is -2.47. The molecule has 0 bridgehead atoms. The van der Waals surface area contributed by atoms with Gasteiger partial charge < -0.3 is 10.2 Å². The van der Waals surface area contributed by atoms with Gasteiger partial charge >= 0.3 is 0 Å². The summed E-state index contributed by atoms with van der Waals surface area (Å²) in [4.78, 5) is 16.8. The van der Waals surface area contributed by atoms with Gasteiger partial charge in [0.2, 0.25) is 5.91 Å². The zero-order valence-electron chi connectivity index (χ0n) is 13.9. The number of benzene rings is 1. The Balaban J connectivity index is 0.00000192. The van der Waals surface area contributed by atoms with E-state index in [0.29, 0.717) is 24.3 Å². The Kier molecular flexibility index (Phi) is 6.88. The normalized spacial score (nSPS) is 25.2. The standard InChI is InChI=1S/C18H27N3O.ClH/c1-15-17(16-5-3-2-4-6-16)7-11-20(15)12-8-18(22)21-13-9-19-10-14-21;/h2-6,15,17,19H,7-14H2,1H3;1H. The molecule has 23 heavy (non-hydrogen) atoms. The number of nitrogens with zero attached hydrogens (tertiary/aromatic N) is 2. The van der Waals surface area contributed by atoms with Crippen molar-refractivity contribution in [1.82, 2.24) is 15.1 Å². The van der Waals surface area contributed by atoms with Gasteiger partial charge in [-0.05, 0) is 25.5 Å². The molecule has 1 aromatic carbocycles. The van der Waals surface area contributed by atoms with Gasteiger partial charge in [-0.1, -0.05) is 30.3 Å². The molecule has 0 saturated carbocycles. The van der Waals surface area contributed by atoms with Crippen molar-refractivity contribution < 1.29 is 4.79 Å². The van der Waals surface area contributed by atoms with Crippen molar-refractivity contribution in [2.45, 2.75) is 31.7 Å². The molecule has 128 valence electrons. The summed E-state index contributed by atoms with van der Waals surface area (Å²) >= 11 is 0. The Morgan fingerprint density at radius 1 is 1.17 bits per heavy atom. The van der Waals surface area contributed by atoms with Gasteiger partial charge in [0, 0.05) is 51.1 Å². The van der Waals surface area contributed by atoms with Gasteiger partial charge in [0.15, 0.2) is 0 Å². The molecule has 2 aliphatic rings. The Labute approximate surface area is 145 Å². The summed E-state index contributed by atoms with van der Waals surface area (Å²) in [6, 6.07) is 11.3. The number of carbonyl (C=O) groups excluding carboxylic acids is 1. The lowest BCUT2D eigenvalue weighted by atomic mass is 9.93. The molecule has 2 fully saturated rings. The molecule has 0 spiro atoms. The minimum Gasteiger partial charge on any atom is -0.340 e. The van der Waals surface area contributed by atoms with E-state index in [-0.39, 0.29) is 12.4 Å². The number of carbonyl (C=O) groups is 1. The van der Waals surface area contributed by atoms with Gasteiger partial charge in [-0.3, -0.25) is 9.69 Å². The summed E-state index contributed by atoms with van der Waals surface area (Å²) in [5.41, 5.74) is 1.44. The van der Waals surface area contributed by atoms with Crippen LogP contribution in [0.5, 0.6) is 0 Å². The number of likely N-dealkylation sites (tertiary alicyclic amines) is 1. The number of hydrogen-bond acceptors (Lipinski definition) is 3. The summed E-state index contributed by atoms with van der Waals surface area (Å²) in [7, 11) is 0. The van der Waals surface area contributed by atoms with Gasteiger partial charge in [-0.25, -0.2) is 0 Å². The molecule has 2 saturated heterocycles. The fraction of sp³-hybridized carbons (Fsp3) is 0.611. The van der Waals surface area contributed by atoms with E-state index in [2.05, 4.69) is 47.5 Å². The predicted octanol–water partition coefficient (Wildman–Crippen LogP) is 2.11. The Morgan fingerprint density at radius 2 is 1.87 bits per heavy atom. The van der Waals surface area contributed by atoms with Crippen LogP contribution in [0.15, 0.2) is 30.3 Å². The lowest BCUT2D eigenvalue weighted by molar-refractivity contribution is -0.132. The highest BCUT2D eigenvalue weighted by Gasteiger charge is 2.31. The van der Waals surface area contributed by atoms with Crippen LogP contribution in [0, 0.1) is 0 Å². The summed E-state index contributed by atoms with van der Waals surface area (Å²) in [5.74, 6) is 0.923. The molecule has 0 aromatic heterocycles. The maximum atomic E-state index is 12.3. The van der Waals surface area contributed by atoms with Crippen LogP contribution < -0.4 is 5.32 Å². The fourth-order valence-electron chi connectivity index (χ4n) is 3.78. The second-order valence-electron chi connectivity index (χ2n) is 6.46. The fourth-order valence-corrected chi connectivity index (χ4v) is 3.78. The molecule has 1 amide bonds. The van der Waals surface area contributed by atoms with Crippen LogP contribution in [0.2, 0.25) is 0 Å². The molecule has 2 heterocycles. The molecule has 2 unspecified atom stereocenters. The van der Waals surface area contributed by atoms with E-state index in [4.69, 9.17) is 0 Å². The third-order valence-electron chi connectivity index (χ3n) is 5.20. The van der Waals surface area contributed by atoms with Crippen molar-refractivity contribution in [3.8, 4) is 0 Å². The summed E-state index contributed by atoms with van der Waals surface area (Å²) in [6.07, 6.45) is 1.86. The summed E-state index contributed by atoms with van der Waals surface area (Å²) < 4.78 is 0. The minimum atomic E-state index is 0. The molecular formula is C18H28ClN3O. The van der Waals surface area contributed by atoms with E-state index in [1.54, 1.807) is 0 Å². The zero-order chi connectivity index (χ0) is 15.4. The number of amides is 1. The molecule has 4 nitrogen and oxygen atoms in total. The van der Waals surface area contributed by atoms with Crippen LogP contribution in [0.4, 0.5) is 0 Å². The van der Waals surface area contributed by atoms with Crippen molar-refractivity contribution >= 4 is 18.3 Å². The molecule has 2 atom stereocenters. The Hall–Kier alpha value is -1.10. The van der Waals surface area contributed by atoms with Crippen molar-refractivity contribution in [2.24, 2.45) is 0 Å². The quantitative estimate of drug-likeness (QED) is 0.914. The smallest absolute Gasteiger partial charge is 0.223 e. The molecule has 2 aliphatic heterocycles. The SMILES string of the molecule is CC1C(c2ccccc2)CCN1CCC(=O)N1CCNCC1.Cl. The van der Waals surface area contributed by atoms with Gasteiger partial charge in [0.05, 0.1) is 0 Å². The second kappa shape index (κ2) is 8.67. The first kappa shape index (κ1) is 18.2. The van der Waals surface area contributed by atoms with Gasteiger partial charge in [-0.15, -0.1) is 12.4 Å². The number of piperazine rings is 1. The average Bonchev–Trinajstić information content (AvgIpc) is 2.95. The van der Waals surface area contributed by atoms with Crippen LogP contribution in [0.1, 0.15) is 31.2 Å². The molecule has 3 rings (SSSR count). The zero-order valence-corrected chi connectivity index (χ0v) is 14.7. The maximum Gasteiger partial charge on any atom is 0.223 e. The van der Waals surface area contributed by atoms with E-state index in [0.717, 1.165) is 39.3 Å². The van der Waals surface area contributed by atoms with E-state index < -0.39 is 0 Å². The first-order chi connectivity index (χ1) is 10.8. The molecule has 1 aromatic rings. The Morgan fingerprint density at radius 3 is 2.57 bits per heavy atom. The topological polar surface area (TPSA) is 35.6 Å². The average molecular weight is 338 g/mol. The number of rotatable bonds is 4. The first-order valence-corrected chi connectivity index (χ1v) is 8.53. The highest BCUT2D eigenvalue weighted by molar-refractivity contribution is 5.85. The Bertz CT molecular complexity index is 490. The second-order valence-corrected chi connectivity index (χ2v) is 6.46. The van der Waals surface area contributed by atoms with Gasteiger partial charge in [0.1, 0.15) is 0 Å². The maximum absolute atomic E-state index is 12.3. The van der Waals surface area contributed by atoms with Crippen LogP contribution in [0.3, 0.4) is 0 Å². The first-order valence-electron chi connectivity index (χ1n) is 8.53. The molecule has 1 N–H and O–H groups in total. The molecular weight excluding hydrogens is 310 g/mol. The molecule has 5 heteroatoms. The van der Waals surface area contributed by atoms with E-state index in [1.807, 2.05) is 4.90 Å². The highest BCUT2D eigenvalue weighted by atomic mass is 35.5. The minimum absolute atomic E-state index is 0. The van der Waals surface area contributed by atoms with Crippen LogP contribution >= 0.6 is 12.4 Å². The van der Waals surface area contributed by atoms with Gasteiger partial charge in [0.25, 0.3) is 0 Å². The summed E-state index contributed by atoms with van der Waals surface area (Å²) in [5, 5.41) is 3.29. The largest absolute Gasteiger partial charge is 0.340 e.